The van der Waals surface area contributed by atoms with Gasteiger partial charge < -0.3 is 11.1 Å². The van der Waals surface area contributed by atoms with Gasteiger partial charge in [-0.2, -0.15) is 16.7 Å². The van der Waals surface area contributed by atoms with Gasteiger partial charge in [-0.1, -0.05) is 13.8 Å². The lowest BCUT2D eigenvalue weighted by Gasteiger charge is -2.10. The molecule has 0 fully saturated rings. The van der Waals surface area contributed by atoms with Gasteiger partial charge >= 0.3 is 0 Å². The second-order valence-electron chi connectivity index (χ2n) is 4.48. The minimum Gasteiger partial charge on any atom is -0.369 e. The van der Waals surface area contributed by atoms with E-state index in [2.05, 4.69) is 41.5 Å². The fourth-order valence-corrected chi connectivity index (χ4v) is 3.14. The number of fused-ring (bicyclic) bond motifs is 1. The summed E-state index contributed by atoms with van der Waals surface area (Å²) in [6.45, 7) is 5.29. The Balaban J connectivity index is 2.19. The van der Waals surface area contributed by atoms with Gasteiger partial charge in [-0.15, -0.1) is 11.3 Å². The van der Waals surface area contributed by atoms with Crippen LogP contribution >= 0.6 is 23.1 Å². The predicted octanol–water partition coefficient (Wildman–Crippen LogP) is 3.39. The van der Waals surface area contributed by atoms with Gasteiger partial charge in [0.15, 0.2) is 0 Å². The minimum atomic E-state index is 0.345. The molecule has 1 atom stereocenters. The highest BCUT2D eigenvalue weighted by Gasteiger charge is 2.10. The smallest absolute Gasteiger partial charge is 0.223 e. The summed E-state index contributed by atoms with van der Waals surface area (Å²) in [6, 6.07) is 2.17. The number of thiophene rings is 1. The molecule has 4 nitrogen and oxygen atoms in total. The Bertz CT molecular complexity index is 553. The van der Waals surface area contributed by atoms with Crippen molar-refractivity contribution in [1.29, 1.82) is 0 Å². The Morgan fingerprint density at radius 2 is 2.26 bits per heavy atom. The molecule has 2 aromatic heterocycles. The van der Waals surface area contributed by atoms with Crippen LogP contribution in [-0.2, 0) is 6.42 Å². The molecule has 0 aliphatic carbocycles. The van der Waals surface area contributed by atoms with E-state index in [4.69, 9.17) is 5.73 Å². The van der Waals surface area contributed by atoms with Gasteiger partial charge in [-0.05, 0) is 25.2 Å². The summed E-state index contributed by atoms with van der Waals surface area (Å²) in [5.74, 6) is 1.21. The first-order valence-electron chi connectivity index (χ1n) is 6.46. The Labute approximate surface area is 122 Å². The minimum absolute atomic E-state index is 0.345. The number of aromatic nitrogens is 2. The van der Waals surface area contributed by atoms with E-state index >= 15 is 0 Å². The number of rotatable bonds is 6. The van der Waals surface area contributed by atoms with E-state index in [1.807, 2.05) is 11.8 Å². The number of hydrogen-bond donors (Lipinski definition) is 2. The molecule has 6 heteroatoms. The van der Waals surface area contributed by atoms with Crippen LogP contribution in [0.5, 0.6) is 0 Å². The molecule has 19 heavy (non-hydrogen) atoms. The van der Waals surface area contributed by atoms with Crippen molar-refractivity contribution in [3.05, 3.63) is 10.9 Å². The molecule has 104 valence electrons. The number of nitrogens with two attached hydrogens (primary N) is 1. The molecule has 0 aliphatic rings. The summed E-state index contributed by atoms with van der Waals surface area (Å²) in [4.78, 5) is 10.9. The highest BCUT2D eigenvalue weighted by Crippen LogP contribution is 2.29. The SMILES string of the molecule is CCc1cc2c(NCCC(C)SC)nc(N)nc2s1. The van der Waals surface area contributed by atoms with Crippen LogP contribution in [0.25, 0.3) is 10.2 Å². The molecule has 0 saturated carbocycles. The summed E-state index contributed by atoms with van der Waals surface area (Å²) in [7, 11) is 0. The average Bonchev–Trinajstić information content (AvgIpc) is 2.81. The van der Waals surface area contributed by atoms with Crippen LogP contribution in [0.3, 0.4) is 0 Å². The number of nitrogens with one attached hydrogen (secondary N) is 1. The third kappa shape index (κ3) is 3.51. The molecule has 2 heterocycles. The zero-order chi connectivity index (χ0) is 13.8. The quantitative estimate of drug-likeness (QED) is 0.855. The maximum Gasteiger partial charge on any atom is 0.223 e. The first-order chi connectivity index (χ1) is 9.13. The van der Waals surface area contributed by atoms with Gasteiger partial charge in [0.1, 0.15) is 10.6 Å². The Morgan fingerprint density at radius 3 is 2.95 bits per heavy atom. The van der Waals surface area contributed by atoms with Crippen LogP contribution in [0, 0.1) is 0 Å². The van der Waals surface area contributed by atoms with Crippen molar-refractivity contribution in [2.45, 2.75) is 31.9 Å². The Hall–Kier alpha value is -1.01. The lowest BCUT2D eigenvalue weighted by Crippen LogP contribution is -2.10. The fourth-order valence-electron chi connectivity index (χ4n) is 1.81. The number of nitrogens with zero attached hydrogens (tertiary/aromatic N) is 2. The third-order valence-electron chi connectivity index (χ3n) is 3.06. The second kappa shape index (κ2) is 6.43. The van der Waals surface area contributed by atoms with E-state index in [0.717, 1.165) is 35.4 Å². The van der Waals surface area contributed by atoms with Crippen molar-refractivity contribution in [3.63, 3.8) is 0 Å². The van der Waals surface area contributed by atoms with Gasteiger partial charge in [-0.25, -0.2) is 4.98 Å². The summed E-state index contributed by atoms with van der Waals surface area (Å²) >= 11 is 3.57. The maximum absolute atomic E-state index is 5.77. The maximum atomic E-state index is 5.77. The highest BCUT2D eigenvalue weighted by molar-refractivity contribution is 7.99. The molecule has 0 spiro atoms. The molecule has 3 N–H and O–H groups in total. The summed E-state index contributed by atoms with van der Waals surface area (Å²) in [6.07, 6.45) is 4.26. The van der Waals surface area contributed by atoms with Crippen LogP contribution in [0.1, 0.15) is 25.1 Å². The van der Waals surface area contributed by atoms with E-state index in [9.17, 15) is 0 Å². The molecule has 0 aromatic carbocycles. The second-order valence-corrected chi connectivity index (χ2v) is 6.87. The molecule has 0 bridgehead atoms. The monoisotopic (exact) mass is 296 g/mol. The van der Waals surface area contributed by atoms with Crippen molar-refractivity contribution in [1.82, 2.24) is 9.97 Å². The molecular formula is C13H20N4S2. The fraction of sp³-hybridized carbons (Fsp3) is 0.538. The molecule has 1 unspecified atom stereocenters. The normalized spacial score (nSPS) is 12.8. The lowest BCUT2D eigenvalue weighted by atomic mass is 10.3. The molecule has 2 aromatic rings. The first kappa shape index (κ1) is 14.4. The van der Waals surface area contributed by atoms with E-state index in [1.165, 1.54) is 4.88 Å². The van der Waals surface area contributed by atoms with Gasteiger partial charge in [0.25, 0.3) is 0 Å². The Kier molecular flexibility index (Phi) is 4.87. The standard InChI is InChI=1S/C13H20N4S2/c1-4-9-7-10-11(15-6-5-8(2)18-3)16-13(14)17-12(10)19-9/h7-8H,4-6H2,1-3H3,(H3,14,15,16,17). The lowest BCUT2D eigenvalue weighted by molar-refractivity contribution is 0.851. The first-order valence-corrected chi connectivity index (χ1v) is 8.57. The van der Waals surface area contributed by atoms with Gasteiger partial charge in [0.2, 0.25) is 5.95 Å². The zero-order valence-electron chi connectivity index (χ0n) is 11.6. The third-order valence-corrected chi connectivity index (χ3v) is 5.27. The number of aryl methyl sites for hydroxylation is 1. The zero-order valence-corrected chi connectivity index (χ0v) is 13.2. The predicted molar refractivity (Wildman–Crippen MR) is 87.3 cm³/mol. The number of anilines is 2. The number of thioether (sulfide) groups is 1. The average molecular weight is 296 g/mol. The largest absolute Gasteiger partial charge is 0.369 e. The molecule has 0 amide bonds. The number of hydrogen-bond acceptors (Lipinski definition) is 6. The molecule has 0 saturated heterocycles. The number of nitrogen functional groups attached to an aromatic ring is 1. The van der Waals surface area contributed by atoms with Crippen molar-refractivity contribution in [2.24, 2.45) is 0 Å². The summed E-state index contributed by atoms with van der Waals surface area (Å²) in [5, 5.41) is 5.13. The van der Waals surface area contributed by atoms with Crippen molar-refractivity contribution in [2.75, 3.05) is 23.9 Å². The summed E-state index contributed by atoms with van der Waals surface area (Å²) in [5.41, 5.74) is 5.77. The van der Waals surface area contributed by atoms with E-state index in [0.29, 0.717) is 11.2 Å². The van der Waals surface area contributed by atoms with Gasteiger partial charge in [-0.3, -0.25) is 0 Å². The van der Waals surface area contributed by atoms with Crippen LogP contribution in [0.2, 0.25) is 0 Å². The highest BCUT2D eigenvalue weighted by atomic mass is 32.2. The molecule has 2 rings (SSSR count). The van der Waals surface area contributed by atoms with E-state index in [-0.39, 0.29) is 0 Å². The van der Waals surface area contributed by atoms with Crippen LogP contribution < -0.4 is 11.1 Å². The van der Waals surface area contributed by atoms with Crippen molar-refractivity contribution < 1.29 is 0 Å². The van der Waals surface area contributed by atoms with Crippen molar-refractivity contribution >= 4 is 45.1 Å². The molecule has 0 aliphatic heterocycles. The van der Waals surface area contributed by atoms with E-state index < -0.39 is 0 Å². The van der Waals surface area contributed by atoms with Crippen molar-refractivity contribution in [3.8, 4) is 0 Å². The molecule has 0 radical (unpaired) electrons. The van der Waals surface area contributed by atoms with Gasteiger partial charge in [0, 0.05) is 16.7 Å². The topological polar surface area (TPSA) is 63.8 Å². The van der Waals surface area contributed by atoms with E-state index in [1.54, 1.807) is 11.3 Å². The van der Waals surface area contributed by atoms with Gasteiger partial charge in [0.05, 0.1) is 5.39 Å². The van der Waals surface area contributed by atoms with Crippen LogP contribution in [0.4, 0.5) is 11.8 Å². The van der Waals surface area contributed by atoms with Crippen LogP contribution in [0.15, 0.2) is 6.07 Å². The molecular weight excluding hydrogens is 276 g/mol. The summed E-state index contributed by atoms with van der Waals surface area (Å²) < 4.78 is 0. The van der Waals surface area contributed by atoms with Crippen LogP contribution in [-0.4, -0.2) is 28.0 Å². The Morgan fingerprint density at radius 1 is 1.47 bits per heavy atom.